The molecule has 0 unspecified atom stereocenters. The van der Waals surface area contributed by atoms with Gasteiger partial charge in [-0.05, 0) is 54.1 Å². The molecule has 0 bridgehead atoms. The van der Waals surface area contributed by atoms with Gasteiger partial charge in [-0.3, -0.25) is 9.59 Å². The molecule has 0 aromatic heterocycles. The first-order valence-electron chi connectivity index (χ1n) is 9.63. The molecular formula is C24H25N3O3. The first kappa shape index (κ1) is 20.9. The summed E-state index contributed by atoms with van der Waals surface area (Å²) in [5, 5.41) is 5.89. The fraction of sp³-hybridized carbons (Fsp3) is 0.167. The van der Waals surface area contributed by atoms with Gasteiger partial charge in [-0.15, -0.1) is 0 Å². The van der Waals surface area contributed by atoms with E-state index in [2.05, 4.69) is 10.6 Å². The number of rotatable bonds is 8. The van der Waals surface area contributed by atoms with E-state index in [0.29, 0.717) is 17.9 Å². The molecule has 0 radical (unpaired) electrons. The maximum absolute atomic E-state index is 12.2. The predicted octanol–water partition coefficient (Wildman–Crippen LogP) is 4.02. The maximum Gasteiger partial charge on any atom is 0.253 e. The van der Waals surface area contributed by atoms with Gasteiger partial charge in [0.15, 0.2) is 0 Å². The van der Waals surface area contributed by atoms with Crippen molar-refractivity contribution < 1.29 is 14.3 Å². The quantitative estimate of drug-likeness (QED) is 0.596. The molecule has 0 aliphatic carbocycles. The highest BCUT2D eigenvalue weighted by Gasteiger charge is 2.08. The monoisotopic (exact) mass is 403 g/mol. The zero-order chi connectivity index (χ0) is 21.3. The molecule has 3 aromatic rings. The molecule has 30 heavy (non-hydrogen) atoms. The Balaban J connectivity index is 1.44. The van der Waals surface area contributed by atoms with E-state index in [1.807, 2.05) is 54.6 Å². The van der Waals surface area contributed by atoms with Crippen molar-refractivity contribution in [2.24, 2.45) is 0 Å². The predicted molar refractivity (Wildman–Crippen MR) is 119 cm³/mol. The Hall–Kier alpha value is -3.80. The maximum atomic E-state index is 12.2. The average molecular weight is 403 g/mol. The molecule has 0 fully saturated rings. The molecule has 2 N–H and O–H groups in total. The minimum Gasteiger partial charge on any atom is -0.489 e. The summed E-state index contributed by atoms with van der Waals surface area (Å²) in [4.78, 5) is 25.6. The van der Waals surface area contributed by atoms with Gasteiger partial charge in [0.2, 0.25) is 5.91 Å². The normalized spacial score (nSPS) is 10.2. The summed E-state index contributed by atoms with van der Waals surface area (Å²) in [6.07, 6.45) is 0. The third-order valence-corrected chi connectivity index (χ3v) is 4.38. The lowest BCUT2D eigenvalue weighted by atomic mass is 10.2. The summed E-state index contributed by atoms with van der Waals surface area (Å²) >= 11 is 0. The summed E-state index contributed by atoms with van der Waals surface area (Å²) in [5.41, 5.74) is 3.15. The van der Waals surface area contributed by atoms with Crippen LogP contribution in [-0.2, 0) is 11.4 Å². The number of anilines is 2. The average Bonchev–Trinajstić information content (AvgIpc) is 2.77. The SMILES string of the molecule is CN(C)C(=O)c1ccc(NC(=O)CNc2ccc(OCc3ccccc3)cc2)cc1. The molecular weight excluding hydrogens is 378 g/mol. The van der Waals surface area contributed by atoms with Crippen LogP contribution in [0.2, 0.25) is 0 Å². The lowest BCUT2D eigenvalue weighted by Gasteiger charge is -2.11. The molecule has 0 aliphatic rings. The lowest BCUT2D eigenvalue weighted by Crippen LogP contribution is -2.22. The summed E-state index contributed by atoms with van der Waals surface area (Å²) in [6.45, 7) is 0.636. The smallest absolute Gasteiger partial charge is 0.253 e. The van der Waals surface area contributed by atoms with Crippen LogP contribution >= 0.6 is 0 Å². The molecule has 0 heterocycles. The molecule has 0 saturated heterocycles. The number of carbonyl (C=O) groups is 2. The number of hydrogen-bond acceptors (Lipinski definition) is 4. The topological polar surface area (TPSA) is 70.7 Å². The zero-order valence-electron chi connectivity index (χ0n) is 17.1. The van der Waals surface area contributed by atoms with E-state index in [9.17, 15) is 9.59 Å². The Morgan fingerprint density at radius 3 is 2.10 bits per heavy atom. The van der Waals surface area contributed by atoms with Gasteiger partial charge >= 0.3 is 0 Å². The molecule has 154 valence electrons. The van der Waals surface area contributed by atoms with Gasteiger partial charge in [0, 0.05) is 31.0 Å². The molecule has 0 atom stereocenters. The lowest BCUT2D eigenvalue weighted by molar-refractivity contribution is -0.114. The minimum atomic E-state index is -0.175. The van der Waals surface area contributed by atoms with E-state index in [0.717, 1.165) is 17.0 Å². The number of hydrogen-bond donors (Lipinski definition) is 2. The molecule has 3 rings (SSSR count). The van der Waals surface area contributed by atoms with E-state index in [1.54, 1.807) is 38.4 Å². The van der Waals surface area contributed by atoms with Gasteiger partial charge in [0.1, 0.15) is 12.4 Å². The minimum absolute atomic E-state index is 0.0780. The Kier molecular flexibility index (Phi) is 7.05. The van der Waals surface area contributed by atoms with Crippen LogP contribution in [0.25, 0.3) is 0 Å². The van der Waals surface area contributed by atoms with Crippen LogP contribution in [0.3, 0.4) is 0 Å². The van der Waals surface area contributed by atoms with Gasteiger partial charge < -0.3 is 20.3 Å². The first-order chi connectivity index (χ1) is 14.5. The van der Waals surface area contributed by atoms with Gasteiger partial charge in [-0.1, -0.05) is 30.3 Å². The Morgan fingerprint density at radius 2 is 1.47 bits per heavy atom. The van der Waals surface area contributed by atoms with Crippen LogP contribution in [0.4, 0.5) is 11.4 Å². The molecule has 6 heteroatoms. The van der Waals surface area contributed by atoms with Crippen molar-refractivity contribution in [3.63, 3.8) is 0 Å². The number of benzene rings is 3. The number of amides is 2. The van der Waals surface area contributed by atoms with Crippen molar-refractivity contribution in [3.8, 4) is 5.75 Å². The summed E-state index contributed by atoms with van der Waals surface area (Å²) in [7, 11) is 3.40. The Labute approximate surface area is 176 Å². The second-order valence-electron chi connectivity index (χ2n) is 6.98. The molecule has 0 saturated carbocycles. The Bertz CT molecular complexity index is 969. The summed E-state index contributed by atoms with van der Waals surface area (Å²) < 4.78 is 5.76. The van der Waals surface area contributed by atoms with Gasteiger partial charge in [-0.2, -0.15) is 0 Å². The molecule has 0 aliphatic heterocycles. The first-order valence-corrected chi connectivity index (χ1v) is 9.63. The number of ether oxygens (including phenoxy) is 1. The fourth-order valence-corrected chi connectivity index (χ4v) is 2.75. The zero-order valence-corrected chi connectivity index (χ0v) is 17.1. The van der Waals surface area contributed by atoms with Crippen molar-refractivity contribution in [2.45, 2.75) is 6.61 Å². The molecule has 0 spiro atoms. The summed E-state index contributed by atoms with van der Waals surface area (Å²) in [6, 6.07) is 24.3. The van der Waals surface area contributed by atoms with E-state index in [-0.39, 0.29) is 18.4 Å². The number of nitrogens with one attached hydrogen (secondary N) is 2. The van der Waals surface area contributed by atoms with E-state index in [1.165, 1.54) is 4.90 Å². The largest absolute Gasteiger partial charge is 0.489 e. The third-order valence-electron chi connectivity index (χ3n) is 4.38. The van der Waals surface area contributed by atoms with Crippen LogP contribution in [0.5, 0.6) is 5.75 Å². The molecule has 3 aromatic carbocycles. The highest BCUT2D eigenvalue weighted by molar-refractivity contribution is 5.96. The van der Waals surface area contributed by atoms with Crippen molar-refractivity contribution >= 4 is 23.2 Å². The fourth-order valence-electron chi connectivity index (χ4n) is 2.75. The highest BCUT2D eigenvalue weighted by Crippen LogP contribution is 2.17. The molecule has 2 amide bonds. The van der Waals surface area contributed by atoms with Crippen LogP contribution in [0.15, 0.2) is 78.9 Å². The van der Waals surface area contributed by atoms with Crippen LogP contribution in [-0.4, -0.2) is 37.4 Å². The van der Waals surface area contributed by atoms with Crippen molar-refractivity contribution in [1.29, 1.82) is 0 Å². The van der Waals surface area contributed by atoms with E-state index >= 15 is 0 Å². The van der Waals surface area contributed by atoms with Crippen molar-refractivity contribution in [3.05, 3.63) is 90.0 Å². The van der Waals surface area contributed by atoms with E-state index in [4.69, 9.17) is 4.74 Å². The van der Waals surface area contributed by atoms with Crippen molar-refractivity contribution in [2.75, 3.05) is 31.3 Å². The van der Waals surface area contributed by atoms with Crippen LogP contribution < -0.4 is 15.4 Å². The van der Waals surface area contributed by atoms with Gasteiger partial charge in [-0.25, -0.2) is 0 Å². The van der Waals surface area contributed by atoms with Crippen molar-refractivity contribution in [1.82, 2.24) is 4.90 Å². The Morgan fingerprint density at radius 1 is 0.833 bits per heavy atom. The van der Waals surface area contributed by atoms with Crippen LogP contribution in [0.1, 0.15) is 15.9 Å². The highest BCUT2D eigenvalue weighted by atomic mass is 16.5. The van der Waals surface area contributed by atoms with Crippen LogP contribution in [0, 0.1) is 0 Å². The number of carbonyl (C=O) groups excluding carboxylic acids is 2. The second-order valence-corrected chi connectivity index (χ2v) is 6.98. The number of nitrogens with zero attached hydrogens (tertiary/aromatic N) is 1. The van der Waals surface area contributed by atoms with Gasteiger partial charge in [0.05, 0.1) is 6.54 Å². The third kappa shape index (κ3) is 6.10. The molecule has 6 nitrogen and oxygen atoms in total. The van der Waals surface area contributed by atoms with Gasteiger partial charge in [0.25, 0.3) is 5.91 Å². The standard InChI is InChI=1S/C24H25N3O3/c1-27(2)24(29)19-8-10-21(11-9-19)26-23(28)16-25-20-12-14-22(15-13-20)30-17-18-6-4-3-5-7-18/h3-15,25H,16-17H2,1-2H3,(H,26,28). The summed E-state index contributed by atoms with van der Waals surface area (Å²) in [5.74, 6) is 0.512. The van der Waals surface area contributed by atoms with E-state index < -0.39 is 0 Å². The second kappa shape index (κ2) is 10.1.